The minimum absolute atomic E-state index is 0.176. The highest BCUT2D eigenvalue weighted by molar-refractivity contribution is 9.10. The number of para-hydroxylation sites is 1. The third-order valence-electron chi connectivity index (χ3n) is 3.35. The summed E-state index contributed by atoms with van der Waals surface area (Å²) >= 11 is 3.43. The minimum atomic E-state index is -0.176. The van der Waals surface area contributed by atoms with E-state index in [1.165, 1.54) is 6.07 Å². The maximum absolute atomic E-state index is 14.2. The van der Waals surface area contributed by atoms with Crippen molar-refractivity contribution in [2.45, 2.75) is 20.0 Å². The number of nitrogens with one attached hydrogen (secondary N) is 1. The first-order valence-electron chi connectivity index (χ1n) is 7.05. The third-order valence-corrected chi connectivity index (χ3v) is 3.88. The van der Waals surface area contributed by atoms with E-state index in [1.807, 2.05) is 49.2 Å². The lowest BCUT2D eigenvalue weighted by Gasteiger charge is -2.23. The van der Waals surface area contributed by atoms with E-state index >= 15 is 0 Å². The van der Waals surface area contributed by atoms with Gasteiger partial charge in [-0.15, -0.1) is 0 Å². The molecule has 0 heterocycles. The summed E-state index contributed by atoms with van der Waals surface area (Å²) in [6.07, 6.45) is 0. The molecule has 0 amide bonds. The number of hydrogen-bond acceptors (Lipinski definition) is 2. The molecule has 0 unspecified atom stereocenters. The Morgan fingerprint density at radius 2 is 1.86 bits per heavy atom. The molecule has 0 radical (unpaired) electrons. The Labute approximate surface area is 134 Å². The van der Waals surface area contributed by atoms with E-state index in [2.05, 4.69) is 21.2 Å². The number of hydrogen-bond donors (Lipinski definition) is 1. The van der Waals surface area contributed by atoms with Gasteiger partial charge in [0.2, 0.25) is 0 Å². The number of benzene rings is 2. The van der Waals surface area contributed by atoms with Crippen LogP contribution in [0.1, 0.15) is 18.1 Å². The Bertz CT molecular complexity index is 584. The molecule has 0 saturated carbocycles. The van der Waals surface area contributed by atoms with Crippen molar-refractivity contribution in [3.63, 3.8) is 0 Å². The average Bonchev–Trinajstić information content (AvgIpc) is 2.47. The fraction of sp³-hybridized carbons (Fsp3) is 0.294. The Hall–Kier alpha value is -1.39. The Balaban J connectivity index is 2.21. The van der Waals surface area contributed by atoms with Crippen LogP contribution in [0.25, 0.3) is 0 Å². The van der Waals surface area contributed by atoms with Crippen LogP contribution >= 0.6 is 15.9 Å². The molecule has 2 nitrogen and oxygen atoms in total. The Kier molecular flexibility index (Phi) is 5.76. The van der Waals surface area contributed by atoms with Crippen LogP contribution in [-0.2, 0) is 13.1 Å². The maximum atomic E-state index is 14.2. The molecule has 2 aromatic rings. The summed E-state index contributed by atoms with van der Waals surface area (Å²) < 4.78 is 15.3. The summed E-state index contributed by atoms with van der Waals surface area (Å²) in [5.41, 5.74) is 2.80. The second kappa shape index (κ2) is 7.57. The van der Waals surface area contributed by atoms with Crippen molar-refractivity contribution >= 4 is 21.6 Å². The summed E-state index contributed by atoms with van der Waals surface area (Å²) in [5, 5.41) is 3.26. The van der Waals surface area contributed by atoms with Gasteiger partial charge < -0.3 is 10.2 Å². The van der Waals surface area contributed by atoms with Crippen molar-refractivity contribution in [2.75, 3.05) is 18.5 Å². The van der Waals surface area contributed by atoms with Gasteiger partial charge in [-0.05, 0) is 35.9 Å². The summed E-state index contributed by atoms with van der Waals surface area (Å²) in [7, 11) is 1.93. The summed E-state index contributed by atoms with van der Waals surface area (Å²) in [6.45, 7) is 4.26. The molecule has 0 aliphatic heterocycles. The maximum Gasteiger partial charge on any atom is 0.146 e. The Morgan fingerprint density at radius 3 is 2.52 bits per heavy atom. The van der Waals surface area contributed by atoms with E-state index in [9.17, 15) is 4.39 Å². The standard InChI is InChI=1S/C17H20BrFN2/c1-3-20-11-14-5-4-6-16(19)17(14)21(2)12-13-7-9-15(18)10-8-13/h4-10,20H,3,11-12H2,1-2H3. The fourth-order valence-corrected chi connectivity index (χ4v) is 2.60. The topological polar surface area (TPSA) is 15.3 Å². The summed E-state index contributed by atoms with van der Waals surface area (Å²) in [5.74, 6) is -0.176. The summed E-state index contributed by atoms with van der Waals surface area (Å²) in [6, 6.07) is 13.4. The number of halogens is 2. The van der Waals surface area contributed by atoms with Crippen LogP contribution in [0, 0.1) is 5.82 Å². The largest absolute Gasteiger partial charge is 0.368 e. The zero-order valence-corrected chi connectivity index (χ0v) is 14.0. The quantitative estimate of drug-likeness (QED) is 0.833. The lowest BCUT2D eigenvalue weighted by molar-refractivity contribution is 0.615. The molecule has 0 aliphatic carbocycles. The molecular weight excluding hydrogens is 331 g/mol. The molecule has 0 aromatic heterocycles. The van der Waals surface area contributed by atoms with Gasteiger partial charge in [0.1, 0.15) is 5.82 Å². The van der Waals surface area contributed by atoms with E-state index in [4.69, 9.17) is 0 Å². The van der Waals surface area contributed by atoms with Gasteiger partial charge in [0.25, 0.3) is 0 Å². The van der Waals surface area contributed by atoms with Crippen molar-refractivity contribution in [1.82, 2.24) is 5.32 Å². The third kappa shape index (κ3) is 4.29. The zero-order valence-electron chi connectivity index (χ0n) is 12.4. The fourth-order valence-electron chi connectivity index (χ4n) is 2.33. The molecule has 0 atom stereocenters. The highest BCUT2D eigenvalue weighted by Gasteiger charge is 2.13. The molecule has 2 rings (SSSR count). The van der Waals surface area contributed by atoms with E-state index in [0.717, 1.165) is 22.1 Å². The van der Waals surface area contributed by atoms with Crippen LogP contribution in [0.5, 0.6) is 0 Å². The van der Waals surface area contributed by atoms with Crippen molar-refractivity contribution in [3.05, 3.63) is 63.9 Å². The smallest absolute Gasteiger partial charge is 0.146 e. The first kappa shape index (κ1) is 16.0. The van der Waals surface area contributed by atoms with E-state index in [0.29, 0.717) is 18.8 Å². The first-order valence-corrected chi connectivity index (χ1v) is 7.84. The summed E-state index contributed by atoms with van der Waals surface area (Å²) in [4.78, 5) is 1.96. The molecule has 112 valence electrons. The highest BCUT2D eigenvalue weighted by atomic mass is 79.9. The van der Waals surface area contributed by atoms with Crippen molar-refractivity contribution in [2.24, 2.45) is 0 Å². The normalized spacial score (nSPS) is 10.7. The SMILES string of the molecule is CCNCc1cccc(F)c1N(C)Cc1ccc(Br)cc1. The van der Waals surface area contributed by atoms with Crippen LogP contribution in [-0.4, -0.2) is 13.6 Å². The molecule has 0 spiro atoms. The van der Waals surface area contributed by atoms with Gasteiger partial charge in [-0.2, -0.15) is 0 Å². The highest BCUT2D eigenvalue weighted by Crippen LogP contribution is 2.25. The monoisotopic (exact) mass is 350 g/mol. The van der Waals surface area contributed by atoms with Gasteiger partial charge in [-0.25, -0.2) is 4.39 Å². The molecule has 0 bridgehead atoms. The van der Waals surface area contributed by atoms with Crippen LogP contribution in [0.15, 0.2) is 46.9 Å². The second-order valence-corrected chi connectivity index (χ2v) is 5.93. The van der Waals surface area contributed by atoms with Gasteiger partial charge in [0, 0.05) is 24.6 Å². The van der Waals surface area contributed by atoms with Gasteiger partial charge in [-0.1, -0.05) is 47.1 Å². The van der Waals surface area contributed by atoms with Crippen molar-refractivity contribution in [3.8, 4) is 0 Å². The predicted octanol–water partition coefficient (Wildman–Crippen LogP) is 4.33. The number of nitrogens with zero attached hydrogens (tertiary/aromatic N) is 1. The van der Waals surface area contributed by atoms with Crippen LogP contribution in [0.4, 0.5) is 10.1 Å². The lowest BCUT2D eigenvalue weighted by Crippen LogP contribution is -2.22. The van der Waals surface area contributed by atoms with Crippen molar-refractivity contribution in [1.29, 1.82) is 0 Å². The number of rotatable bonds is 6. The van der Waals surface area contributed by atoms with E-state index in [-0.39, 0.29) is 5.82 Å². The molecule has 0 saturated heterocycles. The molecule has 4 heteroatoms. The predicted molar refractivity (Wildman–Crippen MR) is 90.0 cm³/mol. The van der Waals surface area contributed by atoms with Crippen LogP contribution in [0.3, 0.4) is 0 Å². The van der Waals surface area contributed by atoms with Gasteiger partial charge in [-0.3, -0.25) is 0 Å². The second-order valence-electron chi connectivity index (χ2n) is 5.01. The molecule has 21 heavy (non-hydrogen) atoms. The first-order chi connectivity index (χ1) is 10.1. The lowest BCUT2D eigenvalue weighted by atomic mass is 10.1. The van der Waals surface area contributed by atoms with Gasteiger partial charge >= 0.3 is 0 Å². The van der Waals surface area contributed by atoms with Crippen LogP contribution in [0.2, 0.25) is 0 Å². The van der Waals surface area contributed by atoms with E-state index in [1.54, 1.807) is 6.07 Å². The minimum Gasteiger partial charge on any atom is -0.368 e. The zero-order chi connectivity index (χ0) is 15.2. The molecule has 1 N–H and O–H groups in total. The molecule has 2 aromatic carbocycles. The van der Waals surface area contributed by atoms with Gasteiger partial charge in [0.05, 0.1) is 5.69 Å². The molecular formula is C17H20BrFN2. The average molecular weight is 351 g/mol. The van der Waals surface area contributed by atoms with E-state index < -0.39 is 0 Å². The van der Waals surface area contributed by atoms with Gasteiger partial charge in [0.15, 0.2) is 0 Å². The van der Waals surface area contributed by atoms with Crippen LogP contribution < -0.4 is 10.2 Å². The molecule has 0 aliphatic rings. The molecule has 0 fully saturated rings. The Morgan fingerprint density at radius 1 is 1.14 bits per heavy atom. The van der Waals surface area contributed by atoms with Crippen molar-refractivity contribution < 1.29 is 4.39 Å². The number of anilines is 1.